The van der Waals surface area contributed by atoms with Gasteiger partial charge in [-0.2, -0.15) is 15.0 Å². The van der Waals surface area contributed by atoms with Crippen LogP contribution < -0.4 is 15.8 Å². The van der Waals surface area contributed by atoms with Crippen LogP contribution in [0.3, 0.4) is 0 Å². The Hall–Kier alpha value is -1.89. The van der Waals surface area contributed by atoms with Crippen molar-refractivity contribution in [2.45, 2.75) is 13.3 Å². The Labute approximate surface area is 109 Å². The van der Waals surface area contributed by atoms with E-state index in [1.807, 2.05) is 13.0 Å². The number of ether oxygens (including phenoxy) is 1. The molecule has 2 aromatic rings. The number of anilines is 2. The molecule has 0 unspecified atom stereocenters. The summed E-state index contributed by atoms with van der Waals surface area (Å²) in [5.74, 6) is 0.606. The highest BCUT2D eigenvalue weighted by atomic mass is 32.1. The fourth-order valence-corrected chi connectivity index (χ4v) is 2.11. The second kappa shape index (κ2) is 6.15. The molecule has 0 amide bonds. The first-order valence-electron chi connectivity index (χ1n) is 5.68. The average Bonchev–Trinajstić information content (AvgIpc) is 2.82. The van der Waals surface area contributed by atoms with Crippen LogP contribution in [0.4, 0.5) is 11.9 Å². The minimum Gasteiger partial charge on any atom is -0.464 e. The maximum atomic E-state index is 5.58. The SMILES string of the molecule is CCOc1nc(N)nc(NCCc2cccs2)n1. The van der Waals surface area contributed by atoms with Gasteiger partial charge in [-0.05, 0) is 24.8 Å². The van der Waals surface area contributed by atoms with Crippen molar-refractivity contribution in [3.63, 3.8) is 0 Å². The summed E-state index contributed by atoms with van der Waals surface area (Å²) >= 11 is 1.73. The average molecular weight is 265 g/mol. The lowest BCUT2D eigenvalue weighted by Gasteiger charge is -2.06. The molecule has 3 N–H and O–H groups in total. The van der Waals surface area contributed by atoms with Gasteiger partial charge in [0.05, 0.1) is 6.61 Å². The number of nitrogens with one attached hydrogen (secondary N) is 1. The van der Waals surface area contributed by atoms with Gasteiger partial charge in [-0.3, -0.25) is 0 Å². The van der Waals surface area contributed by atoms with Crippen molar-refractivity contribution in [1.29, 1.82) is 0 Å². The molecule has 0 aliphatic rings. The summed E-state index contributed by atoms with van der Waals surface area (Å²) in [6.07, 6.45) is 0.924. The zero-order chi connectivity index (χ0) is 12.8. The monoisotopic (exact) mass is 265 g/mol. The number of nitrogen functional groups attached to an aromatic ring is 1. The van der Waals surface area contributed by atoms with Gasteiger partial charge in [0.2, 0.25) is 11.9 Å². The van der Waals surface area contributed by atoms with Crippen molar-refractivity contribution in [3.05, 3.63) is 22.4 Å². The van der Waals surface area contributed by atoms with E-state index in [9.17, 15) is 0 Å². The molecule has 2 rings (SSSR count). The molecule has 0 saturated heterocycles. The minimum absolute atomic E-state index is 0.159. The van der Waals surface area contributed by atoms with Crippen LogP contribution in [-0.4, -0.2) is 28.1 Å². The zero-order valence-corrected chi connectivity index (χ0v) is 10.9. The van der Waals surface area contributed by atoms with Crippen LogP contribution in [0.1, 0.15) is 11.8 Å². The summed E-state index contributed by atoms with van der Waals surface area (Å²) in [7, 11) is 0. The lowest BCUT2D eigenvalue weighted by molar-refractivity contribution is 0.312. The molecule has 0 aliphatic carbocycles. The van der Waals surface area contributed by atoms with Crippen LogP contribution in [0.25, 0.3) is 0 Å². The van der Waals surface area contributed by atoms with Crippen molar-refractivity contribution in [2.75, 3.05) is 24.2 Å². The van der Waals surface area contributed by atoms with E-state index in [0.717, 1.165) is 13.0 Å². The number of hydrogen-bond acceptors (Lipinski definition) is 7. The van der Waals surface area contributed by atoms with Gasteiger partial charge >= 0.3 is 6.01 Å². The lowest BCUT2D eigenvalue weighted by atomic mass is 10.3. The highest BCUT2D eigenvalue weighted by molar-refractivity contribution is 7.09. The van der Waals surface area contributed by atoms with Gasteiger partial charge in [0.25, 0.3) is 0 Å². The standard InChI is InChI=1S/C11H15N5OS/c1-2-17-11-15-9(12)14-10(16-11)13-6-5-8-4-3-7-18-8/h3-4,7H,2,5-6H2,1H3,(H3,12,13,14,15,16). The Morgan fingerprint density at radius 2 is 2.28 bits per heavy atom. The van der Waals surface area contributed by atoms with Gasteiger partial charge in [0.1, 0.15) is 0 Å². The normalized spacial score (nSPS) is 10.3. The second-order valence-corrected chi connectivity index (χ2v) is 4.52. The summed E-state index contributed by atoms with van der Waals surface area (Å²) in [6.45, 7) is 3.11. The van der Waals surface area contributed by atoms with E-state index in [4.69, 9.17) is 10.5 Å². The third kappa shape index (κ3) is 3.56. The molecule has 0 atom stereocenters. The lowest BCUT2D eigenvalue weighted by Crippen LogP contribution is -2.11. The molecule has 6 nitrogen and oxygen atoms in total. The van der Waals surface area contributed by atoms with Crippen LogP contribution in [-0.2, 0) is 6.42 Å². The van der Waals surface area contributed by atoms with Crippen LogP contribution in [0.5, 0.6) is 6.01 Å². The predicted octanol–water partition coefficient (Wildman–Crippen LogP) is 1.57. The largest absolute Gasteiger partial charge is 0.464 e. The van der Waals surface area contributed by atoms with E-state index < -0.39 is 0 Å². The van der Waals surface area contributed by atoms with Gasteiger partial charge in [-0.25, -0.2) is 0 Å². The zero-order valence-electron chi connectivity index (χ0n) is 10.1. The van der Waals surface area contributed by atoms with E-state index in [2.05, 4.69) is 31.7 Å². The molecule has 7 heteroatoms. The Bertz CT molecular complexity index is 488. The first kappa shape index (κ1) is 12.6. The van der Waals surface area contributed by atoms with E-state index >= 15 is 0 Å². The van der Waals surface area contributed by atoms with Gasteiger partial charge in [-0.15, -0.1) is 11.3 Å². The Kier molecular flexibility index (Phi) is 4.30. The van der Waals surface area contributed by atoms with E-state index in [-0.39, 0.29) is 12.0 Å². The maximum Gasteiger partial charge on any atom is 0.323 e. The number of aromatic nitrogens is 3. The van der Waals surface area contributed by atoms with Crippen molar-refractivity contribution < 1.29 is 4.74 Å². The first-order valence-corrected chi connectivity index (χ1v) is 6.56. The van der Waals surface area contributed by atoms with Gasteiger partial charge < -0.3 is 15.8 Å². The molecule has 0 aliphatic heterocycles. The predicted molar refractivity (Wildman–Crippen MR) is 71.9 cm³/mol. The maximum absolute atomic E-state index is 5.58. The van der Waals surface area contributed by atoms with Crippen LogP contribution >= 0.6 is 11.3 Å². The quantitative estimate of drug-likeness (QED) is 0.824. The van der Waals surface area contributed by atoms with Crippen molar-refractivity contribution >= 4 is 23.2 Å². The highest BCUT2D eigenvalue weighted by Gasteiger charge is 2.04. The minimum atomic E-state index is 0.159. The number of thiophene rings is 1. The van der Waals surface area contributed by atoms with Crippen LogP contribution in [0.2, 0.25) is 0 Å². The van der Waals surface area contributed by atoms with Crippen molar-refractivity contribution in [3.8, 4) is 6.01 Å². The van der Waals surface area contributed by atoms with Gasteiger partial charge in [-0.1, -0.05) is 6.07 Å². The molecule has 2 heterocycles. The molecule has 0 bridgehead atoms. The summed E-state index contributed by atoms with van der Waals surface area (Å²) < 4.78 is 5.20. The smallest absolute Gasteiger partial charge is 0.323 e. The first-order chi connectivity index (χ1) is 8.78. The Morgan fingerprint density at radius 1 is 1.39 bits per heavy atom. The highest BCUT2D eigenvalue weighted by Crippen LogP contribution is 2.11. The van der Waals surface area contributed by atoms with Crippen LogP contribution in [0, 0.1) is 0 Å². The molecule has 18 heavy (non-hydrogen) atoms. The molecule has 0 saturated carbocycles. The fourth-order valence-electron chi connectivity index (χ4n) is 1.40. The van der Waals surface area contributed by atoms with E-state index in [1.54, 1.807) is 11.3 Å². The van der Waals surface area contributed by atoms with E-state index in [1.165, 1.54) is 4.88 Å². The molecule has 0 spiro atoms. The Morgan fingerprint density at radius 3 is 3.00 bits per heavy atom. The molecule has 0 fully saturated rings. The third-order valence-corrected chi connectivity index (χ3v) is 3.08. The Balaban J connectivity index is 1.92. The van der Waals surface area contributed by atoms with E-state index in [0.29, 0.717) is 12.6 Å². The molecular weight excluding hydrogens is 250 g/mol. The van der Waals surface area contributed by atoms with Crippen LogP contribution in [0.15, 0.2) is 17.5 Å². The summed E-state index contributed by atoms with van der Waals surface area (Å²) in [5.41, 5.74) is 5.58. The topological polar surface area (TPSA) is 86.0 Å². The number of nitrogens with zero attached hydrogens (tertiary/aromatic N) is 3. The number of nitrogens with two attached hydrogens (primary N) is 1. The van der Waals surface area contributed by atoms with Gasteiger partial charge in [0.15, 0.2) is 0 Å². The second-order valence-electron chi connectivity index (χ2n) is 3.49. The molecular formula is C11H15N5OS. The van der Waals surface area contributed by atoms with Gasteiger partial charge in [0, 0.05) is 11.4 Å². The molecule has 2 aromatic heterocycles. The fraction of sp³-hybridized carbons (Fsp3) is 0.364. The number of hydrogen-bond donors (Lipinski definition) is 2. The number of rotatable bonds is 6. The molecule has 0 aromatic carbocycles. The molecule has 96 valence electrons. The molecule has 0 radical (unpaired) electrons. The summed E-state index contributed by atoms with van der Waals surface area (Å²) in [4.78, 5) is 13.3. The summed E-state index contributed by atoms with van der Waals surface area (Å²) in [6, 6.07) is 4.39. The van der Waals surface area contributed by atoms with Crippen molar-refractivity contribution in [1.82, 2.24) is 15.0 Å². The van der Waals surface area contributed by atoms with Crippen molar-refractivity contribution in [2.24, 2.45) is 0 Å². The third-order valence-electron chi connectivity index (χ3n) is 2.14. The summed E-state index contributed by atoms with van der Waals surface area (Å²) in [5, 5.41) is 5.17.